The van der Waals surface area contributed by atoms with Crippen LogP contribution in [0, 0.1) is 0 Å². The average Bonchev–Trinajstić information content (AvgIpc) is 2.26. The molecule has 0 saturated carbocycles. The van der Waals surface area contributed by atoms with Crippen LogP contribution in [-0.4, -0.2) is 28.1 Å². The first-order chi connectivity index (χ1) is 9.84. The molecule has 1 amide bonds. The molecule has 0 aliphatic carbocycles. The van der Waals surface area contributed by atoms with Crippen molar-refractivity contribution in [1.29, 1.82) is 0 Å². The molecular formula is C13H17BrN2O2. The number of aryl methyl sites for hydroxylation is 1. The van der Waals surface area contributed by atoms with Crippen LogP contribution in [0.15, 0.2) is 16.7 Å². The molecule has 0 aromatic carbocycles. The van der Waals surface area contributed by atoms with Crippen LogP contribution in [0.2, 0.25) is 0 Å². The van der Waals surface area contributed by atoms with E-state index in [2.05, 4.69) is 20.9 Å². The minimum Gasteiger partial charge on any atom is -0.444 e. The lowest BCUT2D eigenvalue weighted by Gasteiger charge is -2.30. The molecule has 0 N–H and O–H groups in total. The van der Waals surface area contributed by atoms with Crippen molar-refractivity contribution in [2.45, 2.75) is 39.3 Å². The molecule has 0 atom stereocenters. The Morgan fingerprint density at radius 1 is 1.61 bits per heavy atom. The van der Waals surface area contributed by atoms with Crippen molar-refractivity contribution >= 4 is 22.0 Å². The minimum absolute atomic E-state index is 0.155. The Kier molecular flexibility index (Phi) is 2.41. The maximum absolute atomic E-state index is 12.3. The largest absolute Gasteiger partial charge is 0.444 e. The number of hydrogen-bond acceptors (Lipinski definition) is 3. The van der Waals surface area contributed by atoms with Gasteiger partial charge in [-0.25, -0.2) is 4.79 Å². The molecule has 0 spiro atoms. The van der Waals surface area contributed by atoms with Gasteiger partial charge in [0.1, 0.15) is 5.60 Å². The first-order valence-corrected chi connectivity index (χ1v) is 6.32. The molecule has 98 valence electrons. The third kappa shape index (κ3) is 3.22. The molecule has 0 fully saturated rings. The Bertz CT molecular complexity index is 617. The minimum atomic E-state index is -2.36. The number of hydrogen-bond donors (Lipinski definition) is 0. The molecule has 1 aromatic rings. The number of rotatable bonds is 0. The zero-order valence-electron chi connectivity index (χ0n) is 14.5. The molecule has 1 aromatic heterocycles. The van der Waals surface area contributed by atoms with Crippen LogP contribution in [0.5, 0.6) is 0 Å². The van der Waals surface area contributed by atoms with Crippen LogP contribution in [0.3, 0.4) is 0 Å². The summed E-state index contributed by atoms with van der Waals surface area (Å²) >= 11 is 3.22. The number of pyridine rings is 1. The van der Waals surface area contributed by atoms with Gasteiger partial charge in [0.15, 0.2) is 0 Å². The summed E-state index contributed by atoms with van der Waals surface area (Å²) in [6.45, 7) is 0.333. The molecule has 2 heterocycles. The second kappa shape index (κ2) is 4.88. The third-order valence-corrected chi connectivity index (χ3v) is 2.58. The summed E-state index contributed by atoms with van der Waals surface area (Å²) in [7, 11) is 0. The lowest BCUT2D eigenvalue weighted by molar-refractivity contribution is 0.0222. The maximum atomic E-state index is 12.3. The van der Waals surface area contributed by atoms with E-state index < -0.39 is 24.7 Å². The van der Waals surface area contributed by atoms with Gasteiger partial charge in [-0.3, -0.25) is 4.98 Å². The fraction of sp³-hybridized carbons (Fsp3) is 0.538. The fourth-order valence-corrected chi connectivity index (χ4v) is 1.77. The van der Waals surface area contributed by atoms with Crippen molar-refractivity contribution in [2.24, 2.45) is 0 Å². The number of fused-ring (bicyclic) bond motifs is 1. The maximum Gasteiger partial charge on any atom is 0.410 e. The topological polar surface area (TPSA) is 42.4 Å². The van der Waals surface area contributed by atoms with Crippen LogP contribution in [0.4, 0.5) is 4.79 Å². The van der Waals surface area contributed by atoms with Crippen molar-refractivity contribution in [3.63, 3.8) is 0 Å². The average molecular weight is 317 g/mol. The Morgan fingerprint density at radius 3 is 3.00 bits per heavy atom. The molecule has 5 heteroatoms. The van der Waals surface area contributed by atoms with Gasteiger partial charge in [0.25, 0.3) is 0 Å². The number of carbonyl (C=O) groups is 1. The van der Waals surface area contributed by atoms with Crippen LogP contribution in [0.25, 0.3) is 0 Å². The number of halogens is 1. The molecule has 0 unspecified atom stereocenters. The van der Waals surface area contributed by atoms with Crippen molar-refractivity contribution in [3.8, 4) is 0 Å². The summed E-state index contributed by atoms with van der Waals surface area (Å²) in [6.07, 6.45) is 0.246. The molecule has 2 rings (SSSR count). The van der Waals surface area contributed by atoms with Gasteiger partial charge in [0.05, 0.1) is 9.24 Å². The number of ether oxygens (including phenoxy) is 1. The lowest BCUT2D eigenvalue weighted by Crippen LogP contribution is -2.40. The van der Waals surface area contributed by atoms with Crippen LogP contribution >= 0.6 is 15.9 Å². The van der Waals surface area contributed by atoms with E-state index in [0.717, 1.165) is 0 Å². The summed E-state index contributed by atoms with van der Waals surface area (Å²) in [5, 5.41) is 0. The third-order valence-electron chi connectivity index (χ3n) is 2.15. The van der Waals surface area contributed by atoms with E-state index in [4.69, 9.17) is 10.2 Å². The highest BCUT2D eigenvalue weighted by molar-refractivity contribution is 9.10. The molecular weight excluding hydrogens is 296 g/mol. The lowest BCUT2D eigenvalue weighted by atomic mass is 10.1. The predicted octanol–water partition coefficient (Wildman–Crippen LogP) is 3.14. The van der Waals surface area contributed by atoms with Crippen LogP contribution in [-0.2, 0) is 17.7 Å². The molecule has 0 radical (unpaired) electrons. The molecule has 0 saturated heterocycles. The van der Waals surface area contributed by atoms with E-state index in [9.17, 15) is 4.79 Å². The monoisotopic (exact) mass is 316 g/mol. The number of carbonyl (C=O) groups excluding carboxylic acids is 1. The first-order valence-electron chi connectivity index (χ1n) is 7.53. The SMILES string of the molecule is [2H]C1([2H])Cc2ncc(Br)cc2C([2H])([2H])N1C(=O)OC(C)(C)C. The quantitative estimate of drug-likeness (QED) is 0.738. The van der Waals surface area contributed by atoms with E-state index >= 15 is 0 Å². The molecule has 1 aliphatic rings. The van der Waals surface area contributed by atoms with Gasteiger partial charge >= 0.3 is 6.09 Å². The Balaban J connectivity index is 2.52. The Hall–Kier alpha value is -1.10. The van der Waals surface area contributed by atoms with E-state index in [-0.39, 0.29) is 17.7 Å². The van der Waals surface area contributed by atoms with Crippen molar-refractivity contribution in [1.82, 2.24) is 9.88 Å². The van der Waals surface area contributed by atoms with Crippen molar-refractivity contribution in [3.05, 3.63) is 28.0 Å². The second-order valence-electron chi connectivity index (χ2n) is 4.91. The summed E-state index contributed by atoms with van der Waals surface area (Å²) in [6, 6.07) is 1.51. The Labute approximate surface area is 121 Å². The van der Waals surface area contributed by atoms with Crippen molar-refractivity contribution in [2.75, 3.05) is 6.50 Å². The van der Waals surface area contributed by atoms with Gasteiger partial charge in [-0.15, -0.1) is 0 Å². The van der Waals surface area contributed by atoms with Gasteiger partial charge in [0.2, 0.25) is 0 Å². The first kappa shape index (κ1) is 8.91. The molecule has 4 nitrogen and oxygen atoms in total. The van der Waals surface area contributed by atoms with E-state index in [1.807, 2.05) is 0 Å². The van der Waals surface area contributed by atoms with Crippen molar-refractivity contribution < 1.29 is 15.0 Å². The molecule has 0 bridgehead atoms. The van der Waals surface area contributed by atoms with E-state index in [1.54, 1.807) is 20.8 Å². The highest BCUT2D eigenvalue weighted by Gasteiger charge is 2.26. The zero-order valence-corrected chi connectivity index (χ0v) is 12.0. The smallest absolute Gasteiger partial charge is 0.410 e. The summed E-state index contributed by atoms with van der Waals surface area (Å²) < 4.78 is 38.3. The normalized spacial score (nSPS) is 24.1. The van der Waals surface area contributed by atoms with Crippen LogP contribution in [0.1, 0.15) is 37.5 Å². The van der Waals surface area contributed by atoms with E-state index in [1.165, 1.54) is 12.3 Å². The van der Waals surface area contributed by atoms with Gasteiger partial charge in [-0.05, 0) is 48.3 Å². The number of aromatic nitrogens is 1. The van der Waals surface area contributed by atoms with Crippen LogP contribution < -0.4 is 0 Å². The second-order valence-corrected chi connectivity index (χ2v) is 5.83. The predicted molar refractivity (Wildman–Crippen MR) is 72.3 cm³/mol. The number of amides is 1. The zero-order chi connectivity index (χ0) is 16.9. The summed E-state index contributed by atoms with van der Waals surface area (Å²) in [5.41, 5.74) is -0.403. The highest BCUT2D eigenvalue weighted by atomic mass is 79.9. The number of nitrogens with zero attached hydrogens (tertiary/aromatic N) is 2. The fourth-order valence-electron chi connectivity index (χ4n) is 1.44. The molecule has 18 heavy (non-hydrogen) atoms. The standard InChI is InChI=1S/C13H17BrN2O2/c1-13(2,3)18-12(17)16-5-4-11-9(8-16)6-10(14)7-15-11/h6-7H,4-5,8H2,1-3H3/i5D2,8D2. The molecule has 1 aliphatic heterocycles. The van der Waals surface area contributed by atoms with E-state index in [0.29, 0.717) is 9.37 Å². The van der Waals surface area contributed by atoms with Gasteiger partial charge in [-0.1, -0.05) is 0 Å². The summed E-state index contributed by atoms with van der Waals surface area (Å²) in [5.74, 6) is 0. The van der Waals surface area contributed by atoms with Gasteiger partial charge < -0.3 is 9.64 Å². The summed E-state index contributed by atoms with van der Waals surface area (Å²) in [4.78, 5) is 16.9. The Morgan fingerprint density at radius 2 is 2.33 bits per heavy atom. The highest BCUT2D eigenvalue weighted by Crippen LogP contribution is 2.22. The van der Waals surface area contributed by atoms with Gasteiger partial charge in [-0.2, -0.15) is 0 Å². The van der Waals surface area contributed by atoms with Gasteiger partial charge in [0, 0.05) is 32.0 Å².